The molecule has 3 rings (SSSR count). The lowest BCUT2D eigenvalue weighted by Gasteiger charge is -2.20. The molecule has 0 aliphatic rings. The van der Waals surface area contributed by atoms with E-state index < -0.39 is 0 Å². The Kier molecular flexibility index (Phi) is 8.95. The van der Waals surface area contributed by atoms with Gasteiger partial charge in [-0.2, -0.15) is 0 Å². The summed E-state index contributed by atoms with van der Waals surface area (Å²) in [4.78, 5) is 19.6. The first kappa shape index (κ1) is 25.4. The average Bonchev–Trinajstić information content (AvgIpc) is 2.89. The Morgan fingerprint density at radius 2 is 1.31 bits per heavy atom. The lowest BCUT2D eigenvalue weighted by atomic mass is 10.1. The Labute approximate surface area is 205 Å². The molecular weight excluding hydrogens is 448 g/mol. The molecule has 0 spiro atoms. The van der Waals surface area contributed by atoms with Crippen LogP contribution in [0.2, 0.25) is 0 Å². The van der Waals surface area contributed by atoms with Crippen molar-refractivity contribution in [2.45, 2.75) is 13.8 Å². The molecule has 0 bridgehead atoms. The van der Waals surface area contributed by atoms with Crippen LogP contribution < -0.4 is 28.6 Å². The summed E-state index contributed by atoms with van der Waals surface area (Å²) in [6, 6.07) is 17.7. The fourth-order valence-electron chi connectivity index (χ4n) is 3.37. The smallest absolute Gasteiger partial charge is 0.263 e. The molecule has 0 N–H and O–H groups in total. The Morgan fingerprint density at radius 1 is 0.800 bits per heavy atom. The van der Waals surface area contributed by atoms with Crippen LogP contribution in [-0.4, -0.2) is 46.8 Å². The zero-order chi connectivity index (χ0) is 25.2. The highest BCUT2D eigenvalue weighted by Gasteiger charge is 2.22. The molecule has 0 fully saturated rings. The molecule has 0 aliphatic carbocycles. The molecule has 35 heavy (non-hydrogen) atoms. The molecule has 1 amide bonds. The fourth-order valence-corrected chi connectivity index (χ4v) is 3.37. The van der Waals surface area contributed by atoms with Crippen LogP contribution in [0.1, 0.15) is 24.2 Å². The van der Waals surface area contributed by atoms with Crippen molar-refractivity contribution in [1.82, 2.24) is 0 Å². The number of aliphatic imine (C=N–C) groups is 1. The number of amides is 1. The third-order valence-electron chi connectivity index (χ3n) is 5.03. The molecule has 8 nitrogen and oxygen atoms in total. The summed E-state index contributed by atoms with van der Waals surface area (Å²) in [6.45, 7) is 4.97. The van der Waals surface area contributed by atoms with E-state index >= 15 is 0 Å². The monoisotopic (exact) mass is 478 g/mol. The number of rotatable bonds is 11. The quantitative estimate of drug-likeness (QED) is 0.267. The SMILES string of the molecule is CCOc1ccc(N=CN(C(=O)c2cc(OC)c(OC)c(OC)c2)c2ccc(OCC)cc2)cc1. The van der Waals surface area contributed by atoms with E-state index in [9.17, 15) is 4.79 Å². The summed E-state index contributed by atoms with van der Waals surface area (Å²) in [6.07, 6.45) is 1.48. The van der Waals surface area contributed by atoms with E-state index in [-0.39, 0.29) is 5.91 Å². The molecule has 0 radical (unpaired) electrons. The van der Waals surface area contributed by atoms with Gasteiger partial charge in [0.2, 0.25) is 5.75 Å². The van der Waals surface area contributed by atoms with Crippen LogP contribution in [0, 0.1) is 0 Å². The van der Waals surface area contributed by atoms with Gasteiger partial charge in [-0.05, 0) is 74.5 Å². The Bertz CT molecular complexity index is 1120. The zero-order valence-corrected chi connectivity index (χ0v) is 20.6. The second-order valence-corrected chi connectivity index (χ2v) is 7.19. The van der Waals surface area contributed by atoms with Gasteiger partial charge in [0.05, 0.1) is 45.9 Å². The van der Waals surface area contributed by atoms with E-state index in [2.05, 4.69) is 4.99 Å². The van der Waals surface area contributed by atoms with Gasteiger partial charge in [-0.25, -0.2) is 4.99 Å². The Balaban J connectivity index is 2.01. The maximum absolute atomic E-state index is 13.7. The molecule has 0 saturated carbocycles. The van der Waals surface area contributed by atoms with Crippen molar-refractivity contribution in [3.8, 4) is 28.7 Å². The van der Waals surface area contributed by atoms with Crippen LogP contribution in [0.15, 0.2) is 65.7 Å². The van der Waals surface area contributed by atoms with Crippen LogP contribution in [0.3, 0.4) is 0 Å². The maximum Gasteiger partial charge on any atom is 0.263 e. The highest BCUT2D eigenvalue weighted by atomic mass is 16.5. The van der Waals surface area contributed by atoms with E-state index in [1.165, 1.54) is 32.6 Å². The van der Waals surface area contributed by atoms with Crippen molar-refractivity contribution in [3.05, 3.63) is 66.2 Å². The van der Waals surface area contributed by atoms with E-state index in [4.69, 9.17) is 23.7 Å². The molecule has 8 heteroatoms. The molecule has 0 saturated heterocycles. The second kappa shape index (κ2) is 12.3. The van der Waals surface area contributed by atoms with Gasteiger partial charge in [0.1, 0.15) is 17.8 Å². The first-order valence-corrected chi connectivity index (χ1v) is 11.2. The molecule has 0 aromatic heterocycles. The van der Waals surface area contributed by atoms with Crippen molar-refractivity contribution in [2.75, 3.05) is 39.4 Å². The molecule has 0 atom stereocenters. The molecule has 3 aromatic carbocycles. The summed E-state index contributed by atoms with van der Waals surface area (Å²) < 4.78 is 27.2. The van der Waals surface area contributed by atoms with Gasteiger partial charge in [0.15, 0.2) is 11.5 Å². The summed E-state index contributed by atoms with van der Waals surface area (Å²) in [5.41, 5.74) is 1.62. The number of anilines is 1. The molecule has 3 aromatic rings. The standard InChI is InChI=1S/C27H30N2O6/c1-6-34-22-12-8-20(9-13-22)28-18-29(21-10-14-23(15-11-21)35-7-2)27(30)19-16-24(31-3)26(33-5)25(17-19)32-4/h8-18H,6-7H2,1-5H3. The van der Waals surface area contributed by atoms with Gasteiger partial charge in [-0.1, -0.05) is 0 Å². The number of hydrogen-bond donors (Lipinski definition) is 0. The fraction of sp³-hybridized carbons (Fsp3) is 0.259. The van der Waals surface area contributed by atoms with Crippen LogP contribution >= 0.6 is 0 Å². The van der Waals surface area contributed by atoms with E-state index in [0.717, 1.165) is 5.75 Å². The molecule has 0 heterocycles. The third kappa shape index (κ3) is 6.23. The van der Waals surface area contributed by atoms with Crippen molar-refractivity contribution < 1.29 is 28.5 Å². The van der Waals surface area contributed by atoms with Gasteiger partial charge in [0.25, 0.3) is 5.91 Å². The van der Waals surface area contributed by atoms with E-state index in [1.807, 2.05) is 38.1 Å². The number of ether oxygens (including phenoxy) is 5. The van der Waals surface area contributed by atoms with Crippen LogP contribution in [0.25, 0.3) is 0 Å². The maximum atomic E-state index is 13.7. The number of methoxy groups -OCH3 is 3. The first-order chi connectivity index (χ1) is 17.0. The lowest BCUT2D eigenvalue weighted by Crippen LogP contribution is -2.29. The van der Waals surface area contributed by atoms with Gasteiger partial charge in [-0.15, -0.1) is 0 Å². The average molecular weight is 479 g/mol. The molecule has 0 unspecified atom stereocenters. The van der Waals surface area contributed by atoms with Crippen molar-refractivity contribution in [1.29, 1.82) is 0 Å². The highest BCUT2D eigenvalue weighted by Crippen LogP contribution is 2.38. The van der Waals surface area contributed by atoms with Crippen molar-refractivity contribution in [2.24, 2.45) is 4.99 Å². The highest BCUT2D eigenvalue weighted by molar-refractivity contribution is 6.17. The summed E-state index contributed by atoms with van der Waals surface area (Å²) in [5, 5.41) is 0. The molecular formula is C27H30N2O6. The van der Waals surface area contributed by atoms with Crippen LogP contribution in [0.5, 0.6) is 28.7 Å². The predicted molar refractivity (Wildman–Crippen MR) is 136 cm³/mol. The summed E-state index contributed by atoms with van der Waals surface area (Å²) >= 11 is 0. The minimum atomic E-state index is -0.330. The van der Waals surface area contributed by atoms with Gasteiger partial charge in [-0.3, -0.25) is 9.69 Å². The van der Waals surface area contributed by atoms with Gasteiger partial charge >= 0.3 is 0 Å². The van der Waals surface area contributed by atoms with Gasteiger partial charge < -0.3 is 23.7 Å². The number of benzene rings is 3. The van der Waals surface area contributed by atoms with E-state index in [1.54, 1.807) is 36.4 Å². The van der Waals surface area contributed by atoms with Gasteiger partial charge in [0, 0.05) is 5.56 Å². The minimum Gasteiger partial charge on any atom is -0.494 e. The molecule has 0 aliphatic heterocycles. The molecule has 184 valence electrons. The Hall–Kier alpha value is -4.20. The van der Waals surface area contributed by atoms with E-state index in [0.29, 0.717) is 53.2 Å². The Morgan fingerprint density at radius 3 is 1.77 bits per heavy atom. The largest absolute Gasteiger partial charge is 0.494 e. The summed E-state index contributed by atoms with van der Waals surface area (Å²) in [7, 11) is 4.52. The topological polar surface area (TPSA) is 78.8 Å². The normalized spacial score (nSPS) is 10.7. The number of carbonyl (C=O) groups is 1. The number of hydrogen-bond acceptors (Lipinski definition) is 7. The lowest BCUT2D eigenvalue weighted by molar-refractivity contribution is 0.100. The third-order valence-corrected chi connectivity index (χ3v) is 5.03. The van der Waals surface area contributed by atoms with Crippen molar-refractivity contribution in [3.63, 3.8) is 0 Å². The number of nitrogens with zero attached hydrogens (tertiary/aromatic N) is 2. The minimum absolute atomic E-state index is 0.330. The second-order valence-electron chi connectivity index (χ2n) is 7.19. The van der Waals surface area contributed by atoms with Crippen LogP contribution in [-0.2, 0) is 0 Å². The predicted octanol–water partition coefficient (Wildman–Crippen LogP) is 5.52. The summed E-state index contributed by atoms with van der Waals surface area (Å²) in [5.74, 6) is 2.30. The first-order valence-electron chi connectivity index (χ1n) is 11.2. The van der Waals surface area contributed by atoms with Crippen LogP contribution in [0.4, 0.5) is 11.4 Å². The number of carbonyl (C=O) groups excluding carboxylic acids is 1. The zero-order valence-electron chi connectivity index (χ0n) is 20.6. The van der Waals surface area contributed by atoms with Crippen molar-refractivity contribution >= 4 is 23.6 Å².